The molecule has 0 unspecified atom stereocenters. The lowest BCUT2D eigenvalue weighted by Crippen LogP contribution is -2.32. The topological polar surface area (TPSA) is 29.1 Å². The maximum Gasteiger partial charge on any atom is 0.134 e. The lowest BCUT2D eigenvalue weighted by atomic mass is 10.4. The number of nitrogens with one attached hydrogen (secondary N) is 1. The van der Waals surface area contributed by atoms with Crippen molar-refractivity contribution in [2.75, 3.05) is 6.54 Å². The van der Waals surface area contributed by atoms with Crippen molar-refractivity contribution in [2.24, 2.45) is 0 Å². The maximum atomic E-state index is 11.5. The highest BCUT2D eigenvalue weighted by molar-refractivity contribution is 7.04. The van der Waals surface area contributed by atoms with E-state index in [0.717, 1.165) is 12.2 Å². The molecular formula is C9H19NOSi. The second-order valence-electron chi connectivity index (χ2n) is 3.97. The molecule has 0 bridgehead atoms. The van der Waals surface area contributed by atoms with Gasteiger partial charge in [0.25, 0.3) is 0 Å². The summed E-state index contributed by atoms with van der Waals surface area (Å²) in [5, 5.41) is 3.42. The highest BCUT2D eigenvalue weighted by Crippen LogP contribution is 2.04. The Bertz CT molecular complexity index is 191. The minimum absolute atomic E-state index is 0.306. The highest BCUT2D eigenvalue weighted by atomic mass is 28.3. The number of hydrogen-bond acceptors (Lipinski definition) is 2. The molecule has 2 nitrogen and oxygen atoms in total. The molecule has 0 aliphatic rings. The summed E-state index contributed by atoms with van der Waals surface area (Å²) in [6.45, 7) is 11.0. The van der Waals surface area contributed by atoms with Gasteiger partial charge in [-0.3, -0.25) is 0 Å². The van der Waals surface area contributed by atoms with Crippen LogP contribution in [-0.4, -0.2) is 20.0 Å². The Kier molecular flexibility index (Phi) is 4.24. The van der Waals surface area contributed by atoms with Gasteiger partial charge in [0.05, 0.1) is 0 Å². The predicted octanol–water partition coefficient (Wildman–Crippen LogP) is 1.95. The first-order valence-electron chi connectivity index (χ1n) is 4.34. The summed E-state index contributed by atoms with van der Waals surface area (Å²) in [5.74, 6) is 0. The van der Waals surface area contributed by atoms with Crippen molar-refractivity contribution < 1.29 is 4.79 Å². The van der Waals surface area contributed by atoms with Crippen LogP contribution >= 0.6 is 0 Å². The van der Waals surface area contributed by atoms with Gasteiger partial charge in [0.15, 0.2) is 0 Å². The van der Waals surface area contributed by atoms with E-state index in [-0.39, 0.29) is 0 Å². The molecule has 0 saturated carbocycles. The van der Waals surface area contributed by atoms with E-state index in [1.807, 2.05) is 13.8 Å². The Morgan fingerprint density at radius 1 is 1.42 bits per heavy atom. The molecule has 0 aliphatic carbocycles. The highest BCUT2D eigenvalue weighted by Gasteiger charge is 2.21. The molecule has 0 atom stereocenters. The van der Waals surface area contributed by atoms with Crippen molar-refractivity contribution in [3.05, 3.63) is 11.8 Å². The first-order valence-corrected chi connectivity index (χ1v) is 7.84. The van der Waals surface area contributed by atoms with Crippen LogP contribution in [0.25, 0.3) is 0 Å². The molecule has 0 spiro atoms. The number of hydrogen-bond donors (Lipinski definition) is 1. The molecule has 0 rings (SSSR count). The van der Waals surface area contributed by atoms with Crippen molar-refractivity contribution in [1.29, 1.82) is 0 Å². The minimum atomic E-state index is -1.61. The molecule has 12 heavy (non-hydrogen) atoms. The van der Waals surface area contributed by atoms with Gasteiger partial charge in [0.1, 0.15) is 13.5 Å². The quantitative estimate of drug-likeness (QED) is 0.536. The van der Waals surface area contributed by atoms with Crippen molar-refractivity contribution in [3.63, 3.8) is 0 Å². The van der Waals surface area contributed by atoms with Gasteiger partial charge in [0.2, 0.25) is 0 Å². The Balaban J connectivity index is 4.24. The van der Waals surface area contributed by atoms with Crippen LogP contribution in [0.2, 0.25) is 19.6 Å². The standard InChI is InChI=1S/C9H19NOSi/c1-6-10-8(2)7-9(11)12(3,4)5/h7,10H,6H2,1-5H3/b8-7+. The van der Waals surface area contributed by atoms with Crippen LogP contribution in [0.1, 0.15) is 13.8 Å². The smallest absolute Gasteiger partial charge is 0.134 e. The largest absolute Gasteiger partial charge is 0.389 e. The van der Waals surface area contributed by atoms with E-state index in [4.69, 9.17) is 0 Å². The fourth-order valence-electron chi connectivity index (χ4n) is 0.743. The molecule has 0 aromatic rings. The minimum Gasteiger partial charge on any atom is -0.389 e. The Labute approximate surface area is 76.1 Å². The Hall–Kier alpha value is -0.573. The summed E-state index contributed by atoms with van der Waals surface area (Å²) in [5.41, 5.74) is 0.977. The normalized spacial score (nSPS) is 12.9. The molecule has 3 heteroatoms. The van der Waals surface area contributed by atoms with Crippen molar-refractivity contribution in [3.8, 4) is 0 Å². The van der Waals surface area contributed by atoms with Gasteiger partial charge in [-0.2, -0.15) is 0 Å². The molecular weight excluding hydrogens is 166 g/mol. The van der Waals surface area contributed by atoms with E-state index in [1.165, 1.54) is 0 Å². The van der Waals surface area contributed by atoms with Crippen molar-refractivity contribution in [1.82, 2.24) is 5.32 Å². The third-order valence-electron chi connectivity index (χ3n) is 1.54. The summed E-state index contributed by atoms with van der Waals surface area (Å²) in [4.78, 5) is 11.5. The second-order valence-corrected chi connectivity index (χ2v) is 8.96. The Morgan fingerprint density at radius 2 is 1.92 bits per heavy atom. The number of carbonyl (C=O) groups is 1. The van der Waals surface area contributed by atoms with Crippen LogP contribution in [-0.2, 0) is 4.79 Å². The molecule has 0 radical (unpaired) electrons. The van der Waals surface area contributed by atoms with E-state index in [1.54, 1.807) is 6.08 Å². The zero-order chi connectivity index (χ0) is 9.78. The number of carbonyl (C=O) groups excluding carboxylic acids is 1. The molecule has 0 fully saturated rings. The monoisotopic (exact) mass is 185 g/mol. The molecule has 0 amide bonds. The van der Waals surface area contributed by atoms with Crippen LogP contribution in [0.5, 0.6) is 0 Å². The summed E-state index contributed by atoms with van der Waals surface area (Å²) >= 11 is 0. The van der Waals surface area contributed by atoms with Gasteiger partial charge in [-0.15, -0.1) is 0 Å². The molecule has 0 heterocycles. The zero-order valence-electron chi connectivity index (χ0n) is 8.69. The second kappa shape index (κ2) is 4.45. The number of allylic oxidation sites excluding steroid dienone is 2. The van der Waals surface area contributed by atoms with Gasteiger partial charge < -0.3 is 10.1 Å². The fourth-order valence-corrected chi connectivity index (χ4v) is 1.39. The average Bonchev–Trinajstić information content (AvgIpc) is 1.85. The van der Waals surface area contributed by atoms with E-state index in [0.29, 0.717) is 5.41 Å². The average molecular weight is 185 g/mol. The molecule has 0 saturated heterocycles. The molecule has 70 valence electrons. The zero-order valence-corrected chi connectivity index (χ0v) is 9.69. The third kappa shape index (κ3) is 4.33. The molecule has 1 N–H and O–H groups in total. The van der Waals surface area contributed by atoms with E-state index >= 15 is 0 Å². The van der Waals surface area contributed by atoms with Gasteiger partial charge in [-0.25, -0.2) is 0 Å². The predicted molar refractivity (Wildman–Crippen MR) is 55.8 cm³/mol. The third-order valence-corrected chi connectivity index (χ3v) is 3.17. The summed E-state index contributed by atoms with van der Waals surface area (Å²) < 4.78 is 0. The van der Waals surface area contributed by atoms with Crippen molar-refractivity contribution >= 4 is 13.5 Å². The van der Waals surface area contributed by atoms with Crippen LogP contribution < -0.4 is 5.32 Å². The first kappa shape index (κ1) is 11.4. The van der Waals surface area contributed by atoms with E-state index < -0.39 is 8.07 Å². The van der Waals surface area contributed by atoms with Crippen LogP contribution in [0, 0.1) is 0 Å². The van der Waals surface area contributed by atoms with E-state index in [9.17, 15) is 4.79 Å². The van der Waals surface area contributed by atoms with Gasteiger partial charge in [-0.05, 0) is 19.9 Å². The summed E-state index contributed by atoms with van der Waals surface area (Å²) in [6.07, 6.45) is 1.73. The van der Waals surface area contributed by atoms with Crippen molar-refractivity contribution in [2.45, 2.75) is 33.5 Å². The number of rotatable bonds is 4. The fraction of sp³-hybridized carbons (Fsp3) is 0.667. The SMILES string of the molecule is CCN/C(C)=C/C(=O)[Si](C)(C)C. The summed E-state index contributed by atoms with van der Waals surface area (Å²) in [7, 11) is -1.61. The maximum absolute atomic E-state index is 11.5. The van der Waals surface area contributed by atoms with Gasteiger partial charge in [-0.1, -0.05) is 19.6 Å². The Morgan fingerprint density at radius 3 is 2.25 bits per heavy atom. The lowest BCUT2D eigenvalue weighted by Gasteiger charge is -2.11. The van der Waals surface area contributed by atoms with Gasteiger partial charge in [0, 0.05) is 12.2 Å². The lowest BCUT2D eigenvalue weighted by molar-refractivity contribution is -0.108. The van der Waals surface area contributed by atoms with E-state index in [2.05, 4.69) is 25.0 Å². The summed E-state index contributed by atoms with van der Waals surface area (Å²) in [6, 6.07) is 0. The molecule has 0 aromatic heterocycles. The van der Waals surface area contributed by atoms with Crippen LogP contribution in [0.4, 0.5) is 0 Å². The molecule has 0 aromatic carbocycles. The van der Waals surface area contributed by atoms with Crippen LogP contribution in [0.3, 0.4) is 0 Å². The van der Waals surface area contributed by atoms with Crippen LogP contribution in [0.15, 0.2) is 11.8 Å². The first-order chi connectivity index (χ1) is 5.38. The van der Waals surface area contributed by atoms with Gasteiger partial charge >= 0.3 is 0 Å². The molecule has 0 aliphatic heterocycles.